The first-order chi connectivity index (χ1) is 11.9. The number of methoxy groups -OCH3 is 1. The second-order valence-corrected chi connectivity index (χ2v) is 5.87. The Labute approximate surface area is 147 Å². The van der Waals surface area contributed by atoms with Crippen molar-refractivity contribution >= 4 is 11.6 Å². The van der Waals surface area contributed by atoms with Gasteiger partial charge in [-0.25, -0.2) is 0 Å². The van der Waals surface area contributed by atoms with Crippen LogP contribution in [0.2, 0.25) is 0 Å². The Morgan fingerprint density at radius 3 is 2.56 bits per heavy atom. The highest BCUT2D eigenvalue weighted by atomic mass is 16.6. The number of amides is 1. The molecule has 25 heavy (non-hydrogen) atoms. The second-order valence-electron chi connectivity index (χ2n) is 5.87. The molecule has 0 unspecified atom stereocenters. The molecule has 0 saturated heterocycles. The number of carbonyl (C=O) groups is 1. The van der Waals surface area contributed by atoms with Crippen LogP contribution in [0.3, 0.4) is 0 Å². The summed E-state index contributed by atoms with van der Waals surface area (Å²) in [7, 11) is 1.62. The van der Waals surface area contributed by atoms with Crippen LogP contribution in [0.1, 0.15) is 46.4 Å². The number of rotatable bonds is 6. The molecular formula is C19H22N2O4. The third-order valence-corrected chi connectivity index (χ3v) is 4.28. The van der Waals surface area contributed by atoms with E-state index in [4.69, 9.17) is 4.74 Å². The number of nitro groups is 1. The quantitative estimate of drug-likeness (QED) is 0.633. The van der Waals surface area contributed by atoms with Crippen LogP contribution in [0.4, 0.5) is 5.69 Å². The molecule has 0 aliphatic rings. The van der Waals surface area contributed by atoms with Crippen LogP contribution in [-0.4, -0.2) is 17.9 Å². The van der Waals surface area contributed by atoms with Crippen LogP contribution < -0.4 is 10.1 Å². The summed E-state index contributed by atoms with van der Waals surface area (Å²) < 4.78 is 5.26. The molecule has 6 heteroatoms. The molecule has 1 atom stereocenters. The van der Waals surface area contributed by atoms with Gasteiger partial charge in [0.15, 0.2) is 0 Å². The van der Waals surface area contributed by atoms with Gasteiger partial charge in [-0.1, -0.05) is 25.1 Å². The smallest absolute Gasteiger partial charge is 0.273 e. The number of aryl methyl sites for hydroxylation is 1. The molecule has 0 spiro atoms. The Morgan fingerprint density at radius 1 is 1.28 bits per heavy atom. The molecular weight excluding hydrogens is 320 g/mol. The van der Waals surface area contributed by atoms with E-state index >= 15 is 0 Å². The van der Waals surface area contributed by atoms with Crippen molar-refractivity contribution in [2.24, 2.45) is 0 Å². The SMILES string of the molecule is CC[C@@H](NC(=O)c1cccc([N+](=O)[O-])c1C)c1ccc(OC)c(C)c1. The number of ether oxygens (including phenoxy) is 1. The lowest BCUT2D eigenvalue weighted by molar-refractivity contribution is -0.385. The lowest BCUT2D eigenvalue weighted by Gasteiger charge is -2.19. The fourth-order valence-electron chi connectivity index (χ4n) is 2.84. The summed E-state index contributed by atoms with van der Waals surface area (Å²) in [5.41, 5.74) is 2.58. The van der Waals surface area contributed by atoms with E-state index in [0.717, 1.165) is 16.9 Å². The van der Waals surface area contributed by atoms with E-state index < -0.39 is 4.92 Å². The summed E-state index contributed by atoms with van der Waals surface area (Å²) in [5.74, 6) is 0.473. The first kappa shape index (κ1) is 18.4. The Hall–Kier alpha value is -2.89. The lowest BCUT2D eigenvalue weighted by Crippen LogP contribution is -2.29. The van der Waals surface area contributed by atoms with Gasteiger partial charge in [-0.3, -0.25) is 14.9 Å². The van der Waals surface area contributed by atoms with Gasteiger partial charge >= 0.3 is 0 Å². The van der Waals surface area contributed by atoms with Crippen molar-refractivity contribution in [3.63, 3.8) is 0 Å². The van der Waals surface area contributed by atoms with Crippen LogP contribution in [-0.2, 0) is 0 Å². The topological polar surface area (TPSA) is 81.5 Å². The number of carbonyl (C=O) groups excluding carboxylic acids is 1. The first-order valence-corrected chi connectivity index (χ1v) is 8.08. The number of nitro benzene ring substituents is 1. The standard InChI is InChI=1S/C19H22N2O4/c1-5-16(14-9-10-18(25-4)12(2)11-14)20-19(22)15-7-6-8-17(13(15)3)21(23)24/h6-11,16H,5H2,1-4H3,(H,20,22)/t16-/m1/s1. The summed E-state index contributed by atoms with van der Waals surface area (Å²) in [6, 6.07) is 10.1. The van der Waals surface area contributed by atoms with Crippen LogP contribution >= 0.6 is 0 Å². The highest BCUT2D eigenvalue weighted by Gasteiger charge is 2.20. The minimum Gasteiger partial charge on any atom is -0.496 e. The van der Waals surface area contributed by atoms with Gasteiger partial charge in [0.2, 0.25) is 0 Å². The monoisotopic (exact) mass is 342 g/mol. The van der Waals surface area contributed by atoms with E-state index in [1.54, 1.807) is 20.1 Å². The third-order valence-electron chi connectivity index (χ3n) is 4.28. The highest BCUT2D eigenvalue weighted by molar-refractivity contribution is 5.96. The first-order valence-electron chi connectivity index (χ1n) is 8.08. The third kappa shape index (κ3) is 3.96. The fourth-order valence-corrected chi connectivity index (χ4v) is 2.84. The second kappa shape index (κ2) is 7.79. The van der Waals surface area contributed by atoms with E-state index in [1.807, 2.05) is 32.0 Å². The average molecular weight is 342 g/mol. The number of nitrogens with zero attached hydrogens (tertiary/aromatic N) is 1. The Bertz CT molecular complexity index is 802. The average Bonchev–Trinajstić information content (AvgIpc) is 2.59. The van der Waals surface area contributed by atoms with E-state index in [9.17, 15) is 14.9 Å². The molecule has 132 valence electrons. The van der Waals surface area contributed by atoms with Gasteiger partial charge in [0.1, 0.15) is 5.75 Å². The van der Waals surface area contributed by atoms with Crippen molar-refractivity contribution in [3.8, 4) is 5.75 Å². The number of benzene rings is 2. The van der Waals surface area contributed by atoms with Crippen molar-refractivity contribution in [1.29, 1.82) is 0 Å². The zero-order chi connectivity index (χ0) is 18.6. The molecule has 2 aromatic carbocycles. The molecule has 0 radical (unpaired) electrons. The Kier molecular flexibility index (Phi) is 5.75. The van der Waals surface area contributed by atoms with Gasteiger partial charge in [0.05, 0.1) is 18.1 Å². The summed E-state index contributed by atoms with van der Waals surface area (Å²) in [5, 5.41) is 14.0. The lowest BCUT2D eigenvalue weighted by atomic mass is 10.00. The molecule has 0 bridgehead atoms. The minimum atomic E-state index is -0.476. The Balaban J connectivity index is 2.27. The molecule has 0 fully saturated rings. The van der Waals surface area contributed by atoms with Crippen molar-refractivity contribution in [3.05, 3.63) is 68.8 Å². The molecule has 0 heterocycles. The molecule has 6 nitrogen and oxygen atoms in total. The summed E-state index contributed by atoms with van der Waals surface area (Å²) >= 11 is 0. The highest BCUT2D eigenvalue weighted by Crippen LogP contribution is 2.26. The fraction of sp³-hybridized carbons (Fsp3) is 0.316. The molecule has 0 aliphatic heterocycles. The molecule has 0 aromatic heterocycles. The van der Waals surface area contributed by atoms with Crippen LogP contribution in [0.5, 0.6) is 5.75 Å². The maximum Gasteiger partial charge on any atom is 0.273 e. The molecule has 0 aliphatic carbocycles. The van der Waals surface area contributed by atoms with E-state index in [0.29, 0.717) is 17.5 Å². The van der Waals surface area contributed by atoms with Crippen LogP contribution in [0.25, 0.3) is 0 Å². The minimum absolute atomic E-state index is 0.0546. The molecule has 2 aromatic rings. The van der Waals surface area contributed by atoms with Gasteiger partial charge < -0.3 is 10.1 Å². The summed E-state index contributed by atoms with van der Waals surface area (Å²) in [6.07, 6.45) is 0.700. The van der Waals surface area contributed by atoms with Crippen molar-refractivity contribution in [2.45, 2.75) is 33.2 Å². The maximum atomic E-state index is 12.6. The van der Waals surface area contributed by atoms with E-state index in [2.05, 4.69) is 5.32 Å². The van der Waals surface area contributed by atoms with Crippen molar-refractivity contribution in [2.75, 3.05) is 7.11 Å². The predicted octanol–water partition coefficient (Wildman–Crippen LogP) is 4.10. The van der Waals surface area contributed by atoms with Crippen LogP contribution in [0, 0.1) is 24.0 Å². The van der Waals surface area contributed by atoms with Gasteiger partial charge in [0, 0.05) is 17.2 Å². The van der Waals surface area contributed by atoms with Gasteiger partial charge in [-0.05, 0) is 43.5 Å². The number of nitrogens with one attached hydrogen (secondary N) is 1. The predicted molar refractivity (Wildman–Crippen MR) is 96.1 cm³/mol. The molecule has 2 rings (SSSR count). The normalized spacial score (nSPS) is 11.7. The van der Waals surface area contributed by atoms with Gasteiger partial charge in [0.25, 0.3) is 11.6 Å². The van der Waals surface area contributed by atoms with Crippen molar-refractivity contribution in [1.82, 2.24) is 5.32 Å². The number of hydrogen-bond acceptors (Lipinski definition) is 4. The molecule has 1 N–H and O–H groups in total. The molecule has 0 saturated carbocycles. The number of hydrogen-bond donors (Lipinski definition) is 1. The maximum absolute atomic E-state index is 12.6. The Morgan fingerprint density at radius 2 is 2.00 bits per heavy atom. The zero-order valence-corrected chi connectivity index (χ0v) is 14.8. The van der Waals surface area contributed by atoms with Gasteiger partial charge in [-0.2, -0.15) is 0 Å². The van der Waals surface area contributed by atoms with E-state index in [-0.39, 0.29) is 17.6 Å². The molecule has 1 amide bonds. The zero-order valence-electron chi connectivity index (χ0n) is 14.8. The van der Waals surface area contributed by atoms with E-state index in [1.165, 1.54) is 12.1 Å². The van der Waals surface area contributed by atoms with Crippen LogP contribution in [0.15, 0.2) is 36.4 Å². The van der Waals surface area contributed by atoms with Gasteiger partial charge in [-0.15, -0.1) is 0 Å². The largest absolute Gasteiger partial charge is 0.496 e. The van der Waals surface area contributed by atoms with Crippen molar-refractivity contribution < 1.29 is 14.5 Å². The summed E-state index contributed by atoms with van der Waals surface area (Å²) in [4.78, 5) is 23.2. The summed E-state index contributed by atoms with van der Waals surface area (Å²) in [6.45, 7) is 5.51.